The van der Waals surface area contributed by atoms with Crippen molar-refractivity contribution < 1.29 is 0 Å². The van der Waals surface area contributed by atoms with Crippen LogP contribution in [0.1, 0.15) is 34.6 Å². The SMILES string of the molecule is CC1=NC(C)(C(C)(C)C)N=C1N. The second-order valence-electron chi connectivity index (χ2n) is 4.47. The molecule has 0 fully saturated rings. The zero-order chi connectivity index (χ0) is 9.57. The molecule has 0 aromatic heterocycles. The number of rotatable bonds is 0. The van der Waals surface area contributed by atoms with Gasteiger partial charge in [-0.3, -0.25) is 4.99 Å². The van der Waals surface area contributed by atoms with Crippen LogP contribution in [0.25, 0.3) is 0 Å². The first-order chi connectivity index (χ1) is 5.26. The van der Waals surface area contributed by atoms with Crippen LogP contribution in [0.4, 0.5) is 0 Å². The Hall–Kier alpha value is -0.860. The van der Waals surface area contributed by atoms with Crippen molar-refractivity contribution in [2.45, 2.75) is 40.3 Å². The first-order valence-corrected chi connectivity index (χ1v) is 4.18. The summed E-state index contributed by atoms with van der Waals surface area (Å²) in [4.78, 5) is 8.82. The van der Waals surface area contributed by atoms with Crippen LogP contribution in [0.3, 0.4) is 0 Å². The minimum atomic E-state index is -0.374. The summed E-state index contributed by atoms with van der Waals surface area (Å²) in [6.07, 6.45) is 0. The second-order valence-corrected chi connectivity index (χ2v) is 4.47. The molecular formula is C9H17N3. The van der Waals surface area contributed by atoms with Gasteiger partial charge < -0.3 is 5.73 Å². The lowest BCUT2D eigenvalue weighted by Crippen LogP contribution is -2.34. The summed E-state index contributed by atoms with van der Waals surface area (Å²) in [6, 6.07) is 0. The molecule has 68 valence electrons. The van der Waals surface area contributed by atoms with E-state index < -0.39 is 0 Å². The molecule has 1 aliphatic heterocycles. The van der Waals surface area contributed by atoms with E-state index >= 15 is 0 Å². The normalized spacial score (nSPS) is 30.1. The third kappa shape index (κ3) is 1.24. The minimum Gasteiger partial charge on any atom is -0.382 e. The largest absolute Gasteiger partial charge is 0.382 e. The first kappa shape index (κ1) is 9.23. The number of nitrogens with zero attached hydrogens (tertiary/aromatic N) is 2. The molecule has 1 atom stereocenters. The number of nitrogens with two attached hydrogens (primary N) is 1. The fraction of sp³-hybridized carbons (Fsp3) is 0.778. The average molecular weight is 167 g/mol. The molecule has 0 aliphatic carbocycles. The fourth-order valence-corrected chi connectivity index (χ4v) is 1.06. The van der Waals surface area contributed by atoms with Gasteiger partial charge in [0.15, 0.2) is 5.66 Å². The summed E-state index contributed by atoms with van der Waals surface area (Å²) in [5.41, 5.74) is 6.17. The highest BCUT2D eigenvalue weighted by Gasteiger charge is 2.40. The molecule has 1 heterocycles. The van der Waals surface area contributed by atoms with Gasteiger partial charge in [-0.15, -0.1) is 0 Å². The topological polar surface area (TPSA) is 50.7 Å². The van der Waals surface area contributed by atoms with E-state index in [1.165, 1.54) is 0 Å². The van der Waals surface area contributed by atoms with Gasteiger partial charge >= 0.3 is 0 Å². The van der Waals surface area contributed by atoms with E-state index in [4.69, 9.17) is 5.73 Å². The van der Waals surface area contributed by atoms with Crippen LogP contribution in [-0.2, 0) is 0 Å². The zero-order valence-corrected chi connectivity index (χ0v) is 8.47. The van der Waals surface area contributed by atoms with Crippen molar-refractivity contribution in [1.29, 1.82) is 0 Å². The van der Waals surface area contributed by atoms with E-state index in [0.29, 0.717) is 5.84 Å². The summed E-state index contributed by atoms with van der Waals surface area (Å²) in [7, 11) is 0. The summed E-state index contributed by atoms with van der Waals surface area (Å²) in [6.45, 7) is 10.3. The predicted molar refractivity (Wildman–Crippen MR) is 52.6 cm³/mol. The molecule has 0 spiro atoms. The highest BCUT2D eigenvalue weighted by atomic mass is 15.2. The van der Waals surface area contributed by atoms with E-state index in [0.717, 1.165) is 5.71 Å². The van der Waals surface area contributed by atoms with Crippen LogP contribution in [0.5, 0.6) is 0 Å². The lowest BCUT2D eigenvalue weighted by atomic mass is 9.83. The van der Waals surface area contributed by atoms with Gasteiger partial charge in [-0.2, -0.15) is 0 Å². The van der Waals surface area contributed by atoms with Gasteiger partial charge in [0.1, 0.15) is 5.84 Å². The number of hydrogen-bond acceptors (Lipinski definition) is 3. The van der Waals surface area contributed by atoms with Gasteiger partial charge in [-0.1, -0.05) is 20.8 Å². The Bertz CT molecular complexity index is 237. The van der Waals surface area contributed by atoms with Crippen LogP contribution in [0.15, 0.2) is 9.98 Å². The molecule has 0 aromatic carbocycles. The molecule has 0 saturated heterocycles. The van der Waals surface area contributed by atoms with Crippen molar-refractivity contribution in [2.75, 3.05) is 0 Å². The maximum absolute atomic E-state index is 5.67. The summed E-state index contributed by atoms with van der Waals surface area (Å²) in [5, 5.41) is 0. The lowest BCUT2D eigenvalue weighted by Gasteiger charge is -2.32. The van der Waals surface area contributed by atoms with Gasteiger partial charge in [0.25, 0.3) is 0 Å². The zero-order valence-electron chi connectivity index (χ0n) is 8.47. The Morgan fingerprint density at radius 1 is 1.25 bits per heavy atom. The third-order valence-electron chi connectivity index (χ3n) is 2.52. The van der Waals surface area contributed by atoms with Crippen molar-refractivity contribution in [3.05, 3.63) is 0 Å². The van der Waals surface area contributed by atoms with Crippen molar-refractivity contribution >= 4 is 11.5 Å². The molecule has 3 nitrogen and oxygen atoms in total. The van der Waals surface area contributed by atoms with Crippen molar-refractivity contribution in [1.82, 2.24) is 0 Å². The Labute approximate surface area is 73.8 Å². The molecule has 0 amide bonds. The number of hydrogen-bond donors (Lipinski definition) is 1. The molecule has 0 radical (unpaired) electrons. The maximum atomic E-state index is 5.67. The van der Waals surface area contributed by atoms with Crippen molar-refractivity contribution in [3.63, 3.8) is 0 Å². The fourth-order valence-electron chi connectivity index (χ4n) is 1.06. The van der Waals surface area contributed by atoms with Gasteiger partial charge in [0.2, 0.25) is 0 Å². The van der Waals surface area contributed by atoms with Crippen LogP contribution in [0.2, 0.25) is 0 Å². The average Bonchev–Trinajstić information content (AvgIpc) is 2.06. The van der Waals surface area contributed by atoms with Gasteiger partial charge in [0, 0.05) is 5.41 Å². The lowest BCUT2D eigenvalue weighted by molar-refractivity contribution is 0.225. The molecule has 1 aliphatic rings. The van der Waals surface area contributed by atoms with E-state index in [-0.39, 0.29) is 11.1 Å². The van der Waals surface area contributed by atoms with Crippen LogP contribution in [0, 0.1) is 5.41 Å². The van der Waals surface area contributed by atoms with Crippen LogP contribution < -0.4 is 5.73 Å². The van der Waals surface area contributed by atoms with E-state index in [9.17, 15) is 0 Å². The van der Waals surface area contributed by atoms with Crippen LogP contribution >= 0.6 is 0 Å². The minimum absolute atomic E-state index is 0.0232. The smallest absolute Gasteiger partial charge is 0.154 e. The molecule has 12 heavy (non-hydrogen) atoms. The van der Waals surface area contributed by atoms with Gasteiger partial charge in [-0.25, -0.2) is 4.99 Å². The monoisotopic (exact) mass is 167 g/mol. The highest BCUT2D eigenvalue weighted by Crippen LogP contribution is 2.37. The first-order valence-electron chi connectivity index (χ1n) is 4.18. The summed E-state index contributed by atoms with van der Waals surface area (Å²) < 4.78 is 0. The Kier molecular flexibility index (Phi) is 1.78. The van der Waals surface area contributed by atoms with Crippen LogP contribution in [-0.4, -0.2) is 17.2 Å². The van der Waals surface area contributed by atoms with Crippen molar-refractivity contribution in [3.8, 4) is 0 Å². The molecule has 2 N–H and O–H groups in total. The quantitative estimate of drug-likeness (QED) is 0.585. The Morgan fingerprint density at radius 2 is 1.75 bits per heavy atom. The summed E-state index contributed by atoms with van der Waals surface area (Å²) in [5.74, 6) is 0.576. The molecule has 1 unspecified atom stereocenters. The van der Waals surface area contributed by atoms with E-state index in [1.807, 2.05) is 13.8 Å². The Balaban J connectivity index is 3.08. The summed E-state index contributed by atoms with van der Waals surface area (Å²) >= 11 is 0. The van der Waals surface area contributed by atoms with E-state index in [2.05, 4.69) is 30.8 Å². The second kappa shape index (κ2) is 2.31. The molecule has 1 rings (SSSR count). The third-order valence-corrected chi connectivity index (χ3v) is 2.52. The molecule has 0 aromatic rings. The van der Waals surface area contributed by atoms with Gasteiger partial charge in [-0.05, 0) is 13.8 Å². The van der Waals surface area contributed by atoms with Gasteiger partial charge in [0.05, 0.1) is 5.71 Å². The molecule has 0 bridgehead atoms. The standard InChI is InChI=1S/C9H17N3/c1-6-7(10)12-9(5,11-6)8(2,3)4/h1-5H3,(H2,10,12). The van der Waals surface area contributed by atoms with E-state index in [1.54, 1.807) is 0 Å². The molecular weight excluding hydrogens is 150 g/mol. The number of amidine groups is 1. The molecule has 3 heteroatoms. The molecule has 0 saturated carbocycles. The predicted octanol–water partition coefficient (Wildman–Crippen LogP) is 1.58. The van der Waals surface area contributed by atoms with Crippen molar-refractivity contribution in [2.24, 2.45) is 21.1 Å². The Morgan fingerprint density at radius 3 is 1.92 bits per heavy atom. The maximum Gasteiger partial charge on any atom is 0.154 e. The number of aliphatic imine (C=N–C) groups is 2. The highest BCUT2D eigenvalue weighted by molar-refractivity contribution is 6.41.